The van der Waals surface area contributed by atoms with Crippen LogP contribution in [-0.4, -0.2) is 12.2 Å². The van der Waals surface area contributed by atoms with Crippen LogP contribution in [0.25, 0.3) is 0 Å². The molecular formula is C14H15NO2. The zero-order valence-electron chi connectivity index (χ0n) is 9.68. The van der Waals surface area contributed by atoms with Crippen molar-refractivity contribution in [2.75, 3.05) is 12.4 Å². The molecule has 0 amide bonds. The monoisotopic (exact) mass is 229 g/mol. The van der Waals surface area contributed by atoms with Gasteiger partial charge in [0.25, 0.3) is 0 Å². The first kappa shape index (κ1) is 11.3. The summed E-state index contributed by atoms with van der Waals surface area (Å²) in [5, 5.41) is 12.4. The van der Waals surface area contributed by atoms with Crippen LogP contribution in [0.5, 0.6) is 11.5 Å². The first-order valence-electron chi connectivity index (χ1n) is 5.44. The predicted octanol–water partition coefficient (Wildman–Crippen LogP) is 3.01. The highest BCUT2D eigenvalue weighted by Gasteiger charge is 1.95. The van der Waals surface area contributed by atoms with E-state index < -0.39 is 0 Å². The molecule has 0 aliphatic heterocycles. The van der Waals surface area contributed by atoms with E-state index in [4.69, 9.17) is 9.84 Å². The third-order valence-electron chi connectivity index (χ3n) is 2.52. The molecule has 3 heteroatoms. The van der Waals surface area contributed by atoms with E-state index >= 15 is 0 Å². The van der Waals surface area contributed by atoms with Gasteiger partial charge in [-0.1, -0.05) is 12.1 Å². The normalized spacial score (nSPS) is 9.94. The summed E-state index contributed by atoms with van der Waals surface area (Å²) in [6.45, 7) is 0.745. The maximum atomic E-state index is 9.16. The number of aromatic hydroxyl groups is 1. The Morgan fingerprint density at radius 1 is 1.00 bits per heavy atom. The minimum absolute atomic E-state index is 0.278. The van der Waals surface area contributed by atoms with Gasteiger partial charge < -0.3 is 15.2 Å². The standard InChI is InChI=1S/C14H15NO2/c1-17-14-8-2-11(3-9-14)10-15-12-4-6-13(16)7-5-12/h2-9,15-16H,10H2,1H3. The molecule has 0 saturated heterocycles. The van der Waals surface area contributed by atoms with Gasteiger partial charge in [0.15, 0.2) is 0 Å². The van der Waals surface area contributed by atoms with E-state index in [0.29, 0.717) is 0 Å². The van der Waals surface area contributed by atoms with E-state index in [1.54, 1.807) is 19.2 Å². The Hall–Kier alpha value is -2.16. The Morgan fingerprint density at radius 3 is 2.24 bits per heavy atom. The van der Waals surface area contributed by atoms with E-state index in [1.807, 2.05) is 36.4 Å². The molecule has 0 aromatic heterocycles. The Balaban J connectivity index is 1.95. The van der Waals surface area contributed by atoms with Crippen molar-refractivity contribution in [3.8, 4) is 11.5 Å². The van der Waals surface area contributed by atoms with Gasteiger partial charge in [-0.2, -0.15) is 0 Å². The molecule has 17 heavy (non-hydrogen) atoms. The van der Waals surface area contributed by atoms with Crippen molar-refractivity contribution in [2.45, 2.75) is 6.54 Å². The van der Waals surface area contributed by atoms with Gasteiger partial charge in [0.05, 0.1) is 7.11 Å². The fourth-order valence-corrected chi connectivity index (χ4v) is 1.53. The second-order valence-corrected chi connectivity index (χ2v) is 3.75. The molecule has 0 fully saturated rings. The van der Waals surface area contributed by atoms with E-state index in [9.17, 15) is 0 Å². The van der Waals surface area contributed by atoms with Gasteiger partial charge in [0.2, 0.25) is 0 Å². The van der Waals surface area contributed by atoms with Gasteiger partial charge in [-0.25, -0.2) is 0 Å². The molecule has 2 N–H and O–H groups in total. The molecule has 2 aromatic rings. The molecule has 0 heterocycles. The van der Waals surface area contributed by atoms with E-state index in [0.717, 1.165) is 18.0 Å². The van der Waals surface area contributed by atoms with E-state index in [2.05, 4.69) is 5.32 Å². The van der Waals surface area contributed by atoms with Crippen LogP contribution in [0.15, 0.2) is 48.5 Å². The topological polar surface area (TPSA) is 41.5 Å². The third-order valence-corrected chi connectivity index (χ3v) is 2.52. The number of ether oxygens (including phenoxy) is 1. The van der Waals surface area contributed by atoms with Gasteiger partial charge >= 0.3 is 0 Å². The number of hydrogen-bond donors (Lipinski definition) is 2. The minimum Gasteiger partial charge on any atom is -0.508 e. The number of hydrogen-bond acceptors (Lipinski definition) is 3. The van der Waals surface area contributed by atoms with Crippen LogP contribution in [0.4, 0.5) is 5.69 Å². The SMILES string of the molecule is COc1ccc(CNc2ccc(O)cc2)cc1. The molecule has 0 radical (unpaired) electrons. The summed E-state index contributed by atoms with van der Waals surface area (Å²) in [4.78, 5) is 0. The fourth-order valence-electron chi connectivity index (χ4n) is 1.53. The van der Waals surface area contributed by atoms with Gasteiger partial charge in [-0.3, -0.25) is 0 Å². The van der Waals surface area contributed by atoms with Crippen molar-refractivity contribution < 1.29 is 9.84 Å². The lowest BCUT2D eigenvalue weighted by Crippen LogP contribution is -1.98. The average molecular weight is 229 g/mol. The Labute approximate surface area is 101 Å². The largest absolute Gasteiger partial charge is 0.508 e. The number of nitrogens with one attached hydrogen (secondary N) is 1. The Kier molecular flexibility index (Phi) is 3.50. The Morgan fingerprint density at radius 2 is 1.65 bits per heavy atom. The molecule has 0 bridgehead atoms. The van der Waals surface area contributed by atoms with Crippen molar-refractivity contribution >= 4 is 5.69 Å². The molecular weight excluding hydrogens is 214 g/mol. The maximum absolute atomic E-state index is 9.16. The number of anilines is 1. The van der Waals surface area contributed by atoms with Crippen LogP contribution in [0.1, 0.15) is 5.56 Å². The van der Waals surface area contributed by atoms with Crippen LogP contribution in [0.3, 0.4) is 0 Å². The quantitative estimate of drug-likeness (QED) is 0.792. The summed E-state index contributed by atoms with van der Waals surface area (Å²) >= 11 is 0. The lowest BCUT2D eigenvalue weighted by Gasteiger charge is -2.07. The zero-order valence-corrected chi connectivity index (χ0v) is 9.68. The Bertz CT molecular complexity index is 463. The first-order chi connectivity index (χ1) is 8.28. The summed E-state index contributed by atoms with van der Waals surface area (Å²) in [5.74, 6) is 1.14. The zero-order chi connectivity index (χ0) is 12.1. The number of rotatable bonds is 4. The van der Waals surface area contributed by atoms with Crippen LogP contribution in [0, 0.1) is 0 Å². The molecule has 0 unspecified atom stereocenters. The predicted molar refractivity (Wildman–Crippen MR) is 68.4 cm³/mol. The second kappa shape index (κ2) is 5.25. The van der Waals surface area contributed by atoms with Crippen LogP contribution >= 0.6 is 0 Å². The van der Waals surface area contributed by atoms with Crippen LogP contribution in [-0.2, 0) is 6.54 Å². The second-order valence-electron chi connectivity index (χ2n) is 3.75. The number of phenols is 1. The number of phenolic OH excluding ortho intramolecular Hbond substituents is 1. The van der Waals surface area contributed by atoms with Gasteiger partial charge in [0.1, 0.15) is 11.5 Å². The molecule has 2 aromatic carbocycles. The maximum Gasteiger partial charge on any atom is 0.118 e. The molecule has 0 aliphatic rings. The third kappa shape index (κ3) is 3.14. The van der Waals surface area contributed by atoms with Crippen LogP contribution < -0.4 is 10.1 Å². The first-order valence-corrected chi connectivity index (χ1v) is 5.44. The lowest BCUT2D eigenvalue weighted by atomic mass is 10.2. The van der Waals surface area contributed by atoms with Gasteiger partial charge in [0, 0.05) is 12.2 Å². The highest BCUT2D eigenvalue weighted by Crippen LogP contribution is 2.16. The van der Waals surface area contributed by atoms with Crippen LogP contribution in [0.2, 0.25) is 0 Å². The van der Waals surface area contributed by atoms with Crippen molar-refractivity contribution in [2.24, 2.45) is 0 Å². The summed E-state index contributed by atoms with van der Waals surface area (Å²) in [7, 11) is 1.66. The highest BCUT2D eigenvalue weighted by atomic mass is 16.5. The minimum atomic E-state index is 0.278. The smallest absolute Gasteiger partial charge is 0.118 e. The number of methoxy groups -OCH3 is 1. The van der Waals surface area contributed by atoms with Crippen molar-refractivity contribution in [3.05, 3.63) is 54.1 Å². The fraction of sp³-hybridized carbons (Fsp3) is 0.143. The number of benzene rings is 2. The van der Waals surface area contributed by atoms with Gasteiger partial charge in [-0.15, -0.1) is 0 Å². The molecule has 88 valence electrons. The molecule has 0 saturated carbocycles. The van der Waals surface area contributed by atoms with E-state index in [1.165, 1.54) is 5.56 Å². The highest BCUT2D eigenvalue weighted by molar-refractivity contribution is 5.46. The van der Waals surface area contributed by atoms with Crippen molar-refractivity contribution in [1.82, 2.24) is 0 Å². The summed E-state index contributed by atoms with van der Waals surface area (Å²) in [6, 6.07) is 14.9. The van der Waals surface area contributed by atoms with E-state index in [-0.39, 0.29) is 5.75 Å². The van der Waals surface area contributed by atoms with Gasteiger partial charge in [-0.05, 0) is 42.0 Å². The molecule has 3 nitrogen and oxygen atoms in total. The lowest BCUT2D eigenvalue weighted by molar-refractivity contribution is 0.414. The molecule has 0 atom stereocenters. The molecule has 2 rings (SSSR count). The van der Waals surface area contributed by atoms with Crippen molar-refractivity contribution in [1.29, 1.82) is 0 Å². The summed E-state index contributed by atoms with van der Waals surface area (Å²) in [6.07, 6.45) is 0. The molecule has 0 aliphatic carbocycles. The summed E-state index contributed by atoms with van der Waals surface area (Å²) in [5.41, 5.74) is 2.16. The molecule has 0 spiro atoms. The van der Waals surface area contributed by atoms with Crippen molar-refractivity contribution in [3.63, 3.8) is 0 Å². The average Bonchev–Trinajstić information content (AvgIpc) is 2.39. The summed E-state index contributed by atoms with van der Waals surface area (Å²) < 4.78 is 5.10.